The van der Waals surface area contributed by atoms with Gasteiger partial charge in [-0.1, -0.05) is 36.4 Å². The summed E-state index contributed by atoms with van der Waals surface area (Å²) in [6.07, 6.45) is 3.07. The highest BCUT2D eigenvalue weighted by Crippen LogP contribution is 2.16. The third-order valence-electron chi connectivity index (χ3n) is 4.51. The Morgan fingerprint density at radius 2 is 1.77 bits per heavy atom. The number of aryl methyl sites for hydroxylation is 1. The second-order valence-electron chi connectivity index (χ2n) is 7.05. The molecular formula is C22H29N7OS. The van der Waals surface area contributed by atoms with Crippen LogP contribution in [0.1, 0.15) is 21.9 Å². The fourth-order valence-electron chi connectivity index (χ4n) is 2.89. The average molecular weight is 440 g/mol. The SMILES string of the molecule is Cc1cnc(C(=O)NCCNc2nc(CN3CCNCC3)cs2)cn1.c1ccccc1. The number of piperazine rings is 1. The van der Waals surface area contributed by atoms with Gasteiger partial charge in [-0.25, -0.2) is 9.97 Å². The lowest BCUT2D eigenvalue weighted by atomic mass is 10.3. The maximum absolute atomic E-state index is 11.9. The lowest BCUT2D eigenvalue weighted by molar-refractivity contribution is 0.0950. The van der Waals surface area contributed by atoms with E-state index in [-0.39, 0.29) is 5.91 Å². The average Bonchev–Trinajstić information content (AvgIpc) is 3.26. The summed E-state index contributed by atoms with van der Waals surface area (Å²) in [5.74, 6) is -0.215. The van der Waals surface area contributed by atoms with E-state index in [4.69, 9.17) is 0 Å². The Morgan fingerprint density at radius 1 is 1.06 bits per heavy atom. The zero-order valence-electron chi connectivity index (χ0n) is 17.8. The number of amides is 1. The molecule has 1 aliphatic heterocycles. The summed E-state index contributed by atoms with van der Waals surface area (Å²) in [5.41, 5.74) is 2.21. The van der Waals surface area contributed by atoms with Crippen molar-refractivity contribution in [2.24, 2.45) is 0 Å². The molecule has 0 aliphatic carbocycles. The number of nitrogens with zero attached hydrogens (tertiary/aromatic N) is 4. The van der Waals surface area contributed by atoms with E-state index in [1.165, 1.54) is 6.20 Å². The van der Waals surface area contributed by atoms with Gasteiger partial charge in [-0.15, -0.1) is 11.3 Å². The van der Waals surface area contributed by atoms with Crippen LogP contribution in [-0.2, 0) is 6.54 Å². The molecule has 31 heavy (non-hydrogen) atoms. The molecule has 1 amide bonds. The third-order valence-corrected chi connectivity index (χ3v) is 5.36. The van der Waals surface area contributed by atoms with E-state index >= 15 is 0 Å². The van der Waals surface area contributed by atoms with Crippen LogP contribution in [0.5, 0.6) is 0 Å². The monoisotopic (exact) mass is 439 g/mol. The van der Waals surface area contributed by atoms with E-state index in [2.05, 4.69) is 41.2 Å². The largest absolute Gasteiger partial charge is 0.360 e. The highest BCUT2D eigenvalue weighted by molar-refractivity contribution is 7.13. The summed E-state index contributed by atoms with van der Waals surface area (Å²) in [7, 11) is 0. The Labute approximate surface area is 187 Å². The third kappa shape index (κ3) is 8.41. The van der Waals surface area contributed by atoms with Crippen LogP contribution in [0.3, 0.4) is 0 Å². The molecule has 1 aliphatic rings. The Morgan fingerprint density at radius 3 is 2.42 bits per heavy atom. The quantitative estimate of drug-likeness (QED) is 0.486. The molecule has 0 bridgehead atoms. The normalized spacial score (nSPS) is 13.7. The number of hydrogen-bond donors (Lipinski definition) is 3. The predicted molar refractivity (Wildman–Crippen MR) is 124 cm³/mol. The molecule has 0 unspecified atom stereocenters. The second kappa shape index (κ2) is 12.7. The van der Waals surface area contributed by atoms with E-state index in [0.29, 0.717) is 18.8 Å². The van der Waals surface area contributed by atoms with Gasteiger partial charge in [0.2, 0.25) is 0 Å². The molecule has 4 rings (SSSR count). The molecule has 3 heterocycles. The van der Waals surface area contributed by atoms with Gasteiger partial charge in [0.1, 0.15) is 5.69 Å². The number of hydrogen-bond acceptors (Lipinski definition) is 8. The number of rotatable bonds is 7. The predicted octanol–water partition coefficient (Wildman–Crippen LogP) is 2.18. The van der Waals surface area contributed by atoms with Gasteiger partial charge in [0.25, 0.3) is 5.91 Å². The molecule has 8 nitrogen and oxygen atoms in total. The van der Waals surface area contributed by atoms with Crippen molar-refractivity contribution in [1.29, 1.82) is 0 Å². The number of aromatic nitrogens is 3. The van der Waals surface area contributed by atoms with Crippen LogP contribution in [0.4, 0.5) is 5.13 Å². The number of thiazole rings is 1. The minimum atomic E-state index is -0.215. The summed E-state index contributed by atoms with van der Waals surface area (Å²) in [6.45, 7) is 8.06. The van der Waals surface area contributed by atoms with Crippen LogP contribution < -0.4 is 16.0 Å². The topological polar surface area (TPSA) is 95.1 Å². The van der Waals surface area contributed by atoms with Gasteiger partial charge >= 0.3 is 0 Å². The number of nitrogens with one attached hydrogen (secondary N) is 3. The standard InChI is InChI=1S/C16H23N7OS.C6H6/c1-12-8-21-14(9-20-12)15(24)18-2-3-19-16-22-13(11-25-16)10-23-6-4-17-5-7-23;1-2-4-6-5-3-1/h8-9,11,17H,2-7,10H2,1H3,(H,18,24)(H,19,22);1-6H. The first-order valence-corrected chi connectivity index (χ1v) is 11.3. The van der Waals surface area contributed by atoms with Crippen molar-refractivity contribution < 1.29 is 4.79 Å². The van der Waals surface area contributed by atoms with Crippen molar-refractivity contribution in [2.75, 3.05) is 44.6 Å². The Bertz CT molecular complexity index is 869. The zero-order chi connectivity index (χ0) is 21.7. The van der Waals surface area contributed by atoms with E-state index < -0.39 is 0 Å². The molecule has 0 spiro atoms. The van der Waals surface area contributed by atoms with Crippen LogP contribution >= 0.6 is 11.3 Å². The van der Waals surface area contributed by atoms with E-state index in [0.717, 1.165) is 49.2 Å². The van der Waals surface area contributed by atoms with Crippen LogP contribution in [0.15, 0.2) is 54.2 Å². The first-order valence-electron chi connectivity index (χ1n) is 10.4. The number of anilines is 1. The molecule has 164 valence electrons. The Kier molecular flexibility index (Phi) is 9.36. The molecule has 1 aromatic carbocycles. The molecule has 3 N–H and O–H groups in total. The molecule has 0 atom stereocenters. The summed E-state index contributed by atoms with van der Waals surface area (Å²) in [4.78, 5) is 27.1. The van der Waals surface area contributed by atoms with Gasteiger partial charge in [-0.2, -0.15) is 0 Å². The van der Waals surface area contributed by atoms with E-state index in [1.54, 1.807) is 17.5 Å². The number of carbonyl (C=O) groups is 1. The number of benzene rings is 1. The van der Waals surface area contributed by atoms with Gasteiger partial charge in [-0.05, 0) is 6.92 Å². The van der Waals surface area contributed by atoms with Crippen LogP contribution in [0.2, 0.25) is 0 Å². The molecule has 1 saturated heterocycles. The van der Waals surface area contributed by atoms with Gasteiger partial charge in [0, 0.05) is 57.4 Å². The number of carbonyl (C=O) groups excluding carboxylic acids is 1. The van der Waals surface area contributed by atoms with Crippen LogP contribution in [0.25, 0.3) is 0 Å². The van der Waals surface area contributed by atoms with E-state index in [1.807, 2.05) is 43.3 Å². The van der Waals surface area contributed by atoms with Crippen molar-refractivity contribution in [2.45, 2.75) is 13.5 Å². The molecule has 0 saturated carbocycles. The van der Waals surface area contributed by atoms with Crippen molar-refractivity contribution in [3.8, 4) is 0 Å². The summed E-state index contributed by atoms with van der Waals surface area (Å²) >= 11 is 1.60. The molecule has 0 radical (unpaired) electrons. The smallest absolute Gasteiger partial charge is 0.271 e. The lowest BCUT2D eigenvalue weighted by Gasteiger charge is -2.26. The van der Waals surface area contributed by atoms with Gasteiger partial charge in [0.05, 0.1) is 17.6 Å². The van der Waals surface area contributed by atoms with Gasteiger partial charge in [0.15, 0.2) is 5.13 Å². The lowest BCUT2D eigenvalue weighted by Crippen LogP contribution is -2.42. The minimum Gasteiger partial charge on any atom is -0.360 e. The summed E-state index contributed by atoms with van der Waals surface area (Å²) in [6, 6.07) is 12.0. The first-order chi connectivity index (χ1) is 15.2. The van der Waals surface area contributed by atoms with Gasteiger partial charge < -0.3 is 16.0 Å². The molecule has 3 aromatic rings. The fourth-order valence-corrected chi connectivity index (χ4v) is 3.62. The van der Waals surface area contributed by atoms with E-state index in [9.17, 15) is 4.79 Å². The van der Waals surface area contributed by atoms with Gasteiger partial charge in [-0.3, -0.25) is 14.7 Å². The van der Waals surface area contributed by atoms with Crippen LogP contribution in [-0.4, -0.2) is 65.0 Å². The first kappa shape index (κ1) is 22.8. The minimum absolute atomic E-state index is 0.215. The molecule has 9 heteroatoms. The Hall–Kier alpha value is -2.88. The van der Waals surface area contributed by atoms with Crippen molar-refractivity contribution in [1.82, 2.24) is 30.5 Å². The van der Waals surface area contributed by atoms with Crippen molar-refractivity contribution in [3.05, 3.63) is 71.3 Å². The van der Waals surface area contributed by atoms with Crippen molar-refractivity contribution >= 4 is 22.4 Å². The second-order valence-corrected chi connectivity index (χ2v) is 7.91. The highest BCUT2D eigenvalue weighted by Gasteiger charge is 2.12. The Balaban J connectivity index is 0.000000391. The van der Waals surface area contributed by atoms with Crippen LogP contribution in [0, 0.1) is 6.92 Å². The highest BCUT2D eigenvalue weighted by atomic mass is 32.1. The summed E-state index contributed by atoms with van der Waals surface area (Å²) < 4.78 is 0. The summed E-state index contributed by atoms with van der Waals surface area (Å²) in [5, 5.41) is 12.4. The fraction of sp³-hybridized carbons (Fsp3) is 0.364. The molecule has 1 fully saturated rings. The molecular weight excluding hydrogens is 410 g/mol. The maximum Gasteiger partial charge on any atom is 0.271 e. The zero-order valence-corrected chi connectivity index (χ0v) is 18.6. The van der Waals surface area contributed by atoms with Crippen molar-refractivity contribution in [3.63, 3.8) is 0 Å². The maximum atomic E-state index is 11.9. The molecule has 2 aromatic heterocycles.